The number of urea groups is 1. The van der Waals surface area contributed by atoms with Crippen LogP contribution in [0.1, 0.15) is 27.6 Å². The first-order chi connectivity index (χ1) is 21.6. The number of aliphatic hydroxyl groups excluding tert-OH is 2. The normalized spacial score (nSPS) is 10.7. The lowest BCUT2D eigenvalue weighted by molar-refractivity contribution is 0.0944. The second-order valence-corrected chi connectivity index (χ2v) is 10.3. The summed E-state index contributed by atoms with van der Waals surface area (Å²) in [6.07, 6.45) is 2.62. The summed E-state index contributed by atoms with van der Waals surface area (Å²) in [5, 5.41) is 33.1. The molecule has 234 valence electrons. The van der Waals surface area contributed by atoms with Crippen molar-refractivity contribution in [2.75, 3.05) is 36.9 Å². The lowest BCUT2D eigenvalue weighted by Gasteiger charge is -2.14. The third kappa shape index (κ3) is 8.22. The van der Waals surface area contributed by atoms with E-state index < -0.39 is 23.4 Å². The molecule has 0 fully saturated rings. The molecule has 0 aliphatic carbocycles. The Morgan fingerprint density at radius 1 is 0.822 bits per heavy atom. The van der Waals surface area contributed by atoms with E-state index >= 15 is 0 Å². The molecule has 6 N–H and O–H groups in total. The van der Waals surface area contributed by atoms with Crippen LogP contribution in [-0.4, -0.2) is 69.1 Å². The highest BCUT2D eigenvalue weighted by Gasteiger charge is 2.17. The monoisotopic (exact) mass is 653 g/mol. The number of hydrogen-bond donors (Lipinski definition) is 6. The highest BCUT2D eigenvalue weighted by Crippen LogP contribution is 2.30. The number of carbonyl (C=O) groups is 3. The fraction of sp³-hybridized carbons (Fsp3) is 0.200. The third-order valence-corrected chi connectivity index (χ3v) is 6.93. The quantitative estimate of drug-likeness (QED) is 0.142. The van der Waals surface area contributed by atoms with Gasteiger partial charge in [0.1, 0.15) is 5.69 Å². The zero-order chi connectivity index (χ0) is 32.5. The molecule has 0 atom stereocenters. The highest BCUT2D eigenvalue weighted by atomic mass is 35.5. The van der Waals surface area contributed by atoms with Gasteiger partial charge in [-0.1, -0.05) is 41.4 Å². The summed E-state index contributed by atoms with van der Waals surface area (Å²) in [6, 6.07) is 12.3. The maximum atomic E-state index is 13.0. The average Bonchev–Trinajstić information content (AvgIpc) is 3.05. The predicted octanol–water partition coefficient (Wildman–Crippen LogP) is 3.39. The number of anilines is 2. The van der Waals surface area contributed by atoms with Gasteiger partial charge in [0.15, 0.2) is 0 Å². The van der Waals surface area contributed by atoms with Crippen LogP contribution in [-0.2, 0) is 6.54 Å². The number of rotatable bonds is 11. The van der Waals surface area contributed by atoms with Crippen LogP contribution in [0, 0.1) is 0 Å². The smallest absolute Gasteiger partial charge is 0.323 e. The van der Waals surface area contributed by atoms with Crippen LogP contribution >= 0.6 is 23.2 Å². The van der Waals surface area contributed by atoms with Gasteiger partial charge in [-0.3, -0.25) is 19.4 Å². The molecule has 2 aromatic carbocycles. The van der Waals surface area contributed by atoms with Crippen LogP contribution in [0.4, 0.5) is 16.2 Å². The number of aromatic nitrogens is 3. The first-order valence-corrected chi connectivity index (χ1v) is 14.4. The predicted molar refractivity (Wildman–Crippen MR) is 171 cm³/mol. The minimum Gasteiger partial charge on any atom is -0.395 e. The van der Waals surface area contributed by atoms with Crippen LogP contribution in [0.25, 0.3) is 22.4 Å². The van der Waals surface area contributed by atoms with E-state index in [0.717, 1.165) is 0 Å². The number of halogens is 2. The Bertz CT molecular complexity index is 1740. The molecule has 0 saturated heterocycles. The van der Waals surface area contributed by atoms with E-state index in [-0.39, 0.29) is 65.4 Å². The second kappa shape index (κ2) is 15.3. The molecule has 0 bridgehead atoms. The number of carbonyl (C=O) groups excluding carboxylic acids is 3. The largest absolute Gasteiger partial charge is 0.395 e. The van der Waals surface area contributed by atoms with Crippen LogP contribution in [0.15, 0.2) is 65.7 Å². The van der Waals surface area contributed by atoms with Crippen LogP contribution in [0.3, 0.4) is 0 Å². The molecular weight excluding hydrogens is 625 g/mol. The Hall–Kier alpha value is -4.82. The Kier molecular flexibility index (Phi) is 11.2. The van der Waals surface area contributed by atoms with Gasteiger partial charge in [-0.2, -0.15) is 5.10 Å². The standard InChI is InChI=1S/C30H29Cl2N7O6/c1-2-39-29(44)25(36-30(45)37-26-22(31)15-33-16-23(26)32)14-24(38-39)18-5-3-4-17(10-18)19-11-20(27(42)34-6-8-40)13-21(12-19)28(43)35-7-9-41/h3-5,10-16,40-41H,2,6-9H2,1H3,(H,34,42)(H,35,43)(H2,33,36,37,45). The zero-order valence-corrected chi connectivity index (χ0v) is 25.4. The number of nitrogens with zero attached hydrogens (tertiary/aromatic N) is 3. The minimum atomic E-state index is -0.765. The SMILES string of the molecule is CCn1nc(-c2cccc(-c3cc(C(=O)NCCO)cc(C(=O)NCCO)c3)c2)cc(NC(=O)Nc2c(Cl)cncc2Cl)c1=O. The van der Waals surface area contributed by atoms with Crippen molar-refractivity contribution in [3.8, 4) is 22.4 Å². The van der Waals surface area contributed by atoms with Gasteiger partial charge in [-0.25, -0.2) is 9.48 Å². The van der Waals surface area contributed by atoms with Crippen molar-refractivity contribution in [1.29, 1.82) is 0 Å². The molecule has 4 rings (SSSR count). The molecule has 0 aliphatic heterocycles. The van der Waals surface area contributed by atoms with Crippen LogP contribution < -0.4 is 26.8 Å². The van der Waals surface area contributed by atoms with E-state index in [9.17, 15) is 19.2 Å². The molecular formula is C30H29Cl2N7O6. The number of hydrogen-bond acceptors (Lipinski definition) is 8. The van der Waals surface area contributed by atoms with Crippen molar-refractivity contribution in [3.63, 3.8) is 0 Å². The fourth-order valence-electron chi connectivity index (χ4n) is 4.24. The van der Waals surface area contributed by atoms with Gasteiger partial charge in [-0.05, 0) is 48.4 Å². The summed E-state index contributed by atoms with van der Waals surface area (Å²) < 4.78 is 1.19. The van der Waals surface area contributed by atoms with Gasteiger partial charge in [0.05, 0.1) is 34.6 Å². The van der Waals surface area contributed by atoms with Gasteiger partial charge in [0.2, 0.25) is 0 Å². The summed E-state index contributed by atoms with van der Waals surface area (Å²) >= 11 is 12.2. The summed E-state index contributed by atoms with van der Waals surface area (Å²) in [7, 11) is 0. The van der Waals surface area contributed by atoms with Crippen molar-refractivity contribution >= 4 is 52.4 Å². The Labute approximate surface area is 267 Å². The summed E-state index contributed by atoms with van der Waals surface area (Å²) in [4.78, 5) is 55.2. The molecule has 0 radical (unpaired) electrons. The van der Waals surface area contributed by atoms with Gasteiger partial charge >= 0.3 is 6.03 Å². The van der Waals surface area contributed by atoms with Crippen LogP contribution in [0.5, 0.6) is 0 Å². The zero-order valence-electron chi connectivity index (χ0n) is 23.9. The first-order valence-electron chi connectivity index (χ1n) is 13.7. The highest BCUT2D eigenvalue weighted by molar-refractivity contribution is 6.39. The molecule has 0 unspecified atom stereocenters. The van der Waals surface area contributed by atoms with Gasteiger partial charge in [0.25, 0.3) is 17.4 Å². The molecule has 2 aromatic heterocycles. The number of aryl methyl sites for hydroxylation is 1. The lowest BCUT2D eigenvalue weighted by Crippen LogP contribution is -2.29. The Morgan fingerprint density at radius 3 is 2.00 bits per heavy atom. The molecule has 4 amide bonds. The molecule has 0 aliphatic rings. The number of pyridine rings is 1. The summed E-state index contributed by atoms with van der Waals surface area (Å²) in [5.41, 5.74) is 1.96. The minimum absolute atomic E-state index is 0.0282. The lowest BCUT2D eigenvalue weighted by atomic mass is 9.97. The molecule has 4 aromatic rings. The van der Waals surface area contributed by atoms with Crippen molar-refractivity contribution in [2.24, 2.45) is 0 Å². The number of aliphatic hydroxyl groups is 2. The molecule has 13 nitrogen and oxygen atoms in total. The fourth-order valence-corrected chi connectivity index (χ4v) is 4.70. The van der Waals surface area contributed by atoms with E-state index in [1.807, 2.05) is 0 Å². The molecule has 0 saturated carbocycles. The Morgan fingerprint density at radius 2 is 1.42 bits per heavy atom. The maximum Gasteiger partial charge on any atom is 0.323 e. The number of benzene rings is 2. The van der Waals surface area contributed by atoms with Crippen molar-refractivity contribution in [3.05, 3.63) is 92.5 Å². The van der Waals surface area contributed by atoms with E-state index in [2.05, 4.69) is 31.3 Å². The van der Waals surface area contributed by atoms with E-state index in [1.54, 1.807) is 43.3 Å². The van der Waals surface area contributed by atoms with Gasteiger partial charge < -0.3 is 31.5 Å². The number of amides is 4. The van der Waals surface area contributed by atoms with Crippen molar-refractivity contribution in [2.45, 2.75) is 13.5 Å². The Balaban J connectivity index is 1.71. The molecule has 15 heteroatoms. The second-order valence-electron chi connectivity index (χ2n) is 9.46. The van der Waals surface area contributed by atoms with E-state index in [4.69, 9.17) is 33.4 Å². The third-order valence-electron chi connectivity index (χ3n) is 6.36. The first kappa shape index (κ1) is 33.1. The molecule has 0 spiro atoms. The average molecular weight is 655 g/mol. The molecule has 45 heavy (non-hydrogen) atoms. The van der Waals surface area contributed by atoms with E-state index in [0.29, 0.717) is 22.4 Å². The number of nitrogens with one attached hydrogen (secondary N) is 4. The topological polar surface area (TPSA) is 188 Å². The van der Waals surface area contributed by atoms with Crippen molar-refractivity contribution in [1.82, 2.24) is 25.4 Å². The van der Waals surface area contributed by atoms with Crippen molar-refractivity contribution < 1.29 is 24.6 Å². The van der Waals surface area contributed by atoms with Gasteiger partial charge in [0, 0.05) is 48.7 Å². The van der Waals surface area contributed by atoms with E-state index in [1.165, 1.54) is 29.2 Å². The summed E-state index contributed by atoms with van der Waals surface area (Å²) in [6.45, 7) is 1.48. The molecule has 2 heterocycles. The maximum absolute atomic E-state index is 13.0. The van der Waals surface area contributed by atoms with Crippen LogP contribution in [0.2, 0.25) is 10.0 Å². The van der Waals surface area contributed by atoms with Gasteiger partial charge in [-0.15, -0.1) is 0 Å². The summed E-state index contributed by atoms with van der Waals surface area (Å²) in [5.74, 6) is -0.975.